The molecule has 0 unspecified atom stereocenters. The molecule has 0 amide bonds. The lowest BCUT2D eigenvalue weighted by atomic mass is 10.0. The summed E-state index contributed by atoms with van der Waals surface area (Å²) in [5, 5.41) is 3.94. The van der Waals surface area contributed by atoms with Crippen molar-refractivity contribution in [3.05, 3.63) is 35.5 Å². The molecule has 0 aliphatic carbocycles. The van der Waals surface area contributed by atoms with Crippen molar-refractivity contribution in [1.82, 2.24) is 9.78 Å². The van der Waals surface area contributed by atoms with Gasteiger partial charge in [0.2, 0.25) is 0 Å². The molecule has 3 nitrogen and oxygen atoms in total. The largest absolute Gasteiger partial charge is 0.383 e. The molecule has 0 aliphatic heterocycles. The standard InChI is InChI=1S/C11H11F2N3/c1-6-8(3-7(12)4-10(6)13)9-5-15-16(2)11(9)14/h3-5H,14H2,1-2H3. The normalized spacial score (nSPS) is 10.8. The summed E-state index contributed by atoms with van der Waals surface area (Å²) in [6.07, 6.45) is 1.50. The highest BCUT2D eigenvalue weighted by molar-refractivity contribution is 5.76. The van der Waals surface area contributed by atoms with Crippen LogP contribution in [0, 0.1) is 18.6 Å². The van der Waals surface area contributed by atoms with Crippen molar-refractivity contribution in [3.63, 3.8) is 0 Å². The van der Waals surface area contributed by atoms with E-state index in [9.17, 15) is 8.78 Å². The van der Waals surface area contributed by atoms with E-state index >= 15 is 0 Å². The van der Waals surface area contributed by atoms with E-state index < -0.39 is 11.6 Å². The number of hydrogen-bond acceptors (Lipinski definition) is 2. The Balaban J connectivity index is 2.69. The van der Waals surface area contributed by atoms with Crippen molar-refractivity contribution in [2.75, 3.05) is 5.73 Å². The van der Waals surface area contributed by atoms with Crippen LogP contribution in [0.3, 0.4) is 0 Å². The van der Waals surface area contributed by atoms with Gasteiger partial charge in [-0.3, -0.25) is 4.68 Å². The topological polar surface area (TPSA) is 43.8 Å². The molecule has 1 heterocycles. The Morgan fingerprint density at radius 2 is 1.94 bits per heavy atom. The summed E-state index contributed by atoms with van der Waals surface area (Å²) >= 11 is 0. The Hall–Kier alpha value is -1.91. The molecule has 0 aliphatic rings. The molecule has 0 saturated heterocycles. The summed E-state index contributed by atoms with van der Waals surface area (Å²) in [4.78, 5) is 0. The minimum Gasteiger partial charge on any atom is -0.383 e. The Labute approximate surface area is 91.5 Å². The van der Waals surface area contributed by atoms with E-state index in [1.165, 1.54) is 16.9 Å². The minimum atomic E-state index is -0.624. The summed E-state index contributed by atoms with van der Waals surface area (Å²) in [7, 11) is 1.67. The Morgan fingerprint density at radius 3 is 2.50 bits per heavy atom. The molecule has 0 fully saturated rings. The number of aryl methyl sites for hydroxylation is 1. The van der Waals surface area contributed by atoms with Gasteiger partial charge in [0.1, 0.15) is 17.5 Å². The van der Waals surface area contributed by atoms with Crippen LogP contribution in [0.25, 0.3) is 11.1 Å². The third kappa shape index (κ3) is 1.54. The van der Waals surface area contributed by atoms with E-state index in [0.717, 1.165) is 6.07 Å². The van der Waals surface area contributed by atoms with Crippen molar-refractivity contribution in [3.8, 4) is 11.1 Å². The fraction of sp³-hybridized carbons (Fsp3) is 0.182. The Kier molecular flexibility index (Phi) is 2.38. The molecule has 5 heteroatoms. The first-order valence-corrected chi connectivity index (χ1v) is 4.74. The summed E-state index contributed by atoms with van der Waals surface area (Å²) in [6.45, 7) is 1.58. The summed E-state index contributed by atoms with van der Waals surface area (Å²) in [5.41, 5.74) is 7.09. The molecule has 2 rings (SSSR count). The Morgan fingerprint density at radius 1 is 1.25 bits per heavy atom. The molecule has 1 aromatic heterocycles. The first-order chi connectivity index (χ1) is 7.50. The number of nitrogens with two attached hydrogens (primary N) is 1. The fourth-order valence-electron chi connectivity index (χ4n) is 1.58. The predicted octanol–water partition coefficient (Wildman–Crippen LogP) is 2.26. The van der Waals surface area contributed by atoms with Gasteiger partial charge in [-0.05, 0) is 24.1 Å². The van der Waals surface area contributed by atoms with Crippen molar-refractivity contribution in [2.45, 2.75) is 6.92 Å². The van der Waals surface area contributed by atoms with Gasteiger partial charge in [-0.2, -0.15) is 5.10 Å². The van der Waals surface area contributed by atoms with Crippen LogP contribution in [0.2, 0.25) is 0 Å². The maximum absolute atomic E-state index is 13.4. The van der Waals surface area contributed by atoms with Crippen LogP contribution in [-0.4, -0.2) is 9.78 Å². The van der Waals surface area contributed by atoms with Gasteiger partial charge in [0.05, 0.1) is 6.20 Å². The molecule has 84 valence electrons. The second kappa shape index (κ2) is 3.59. The summed E-state index contributed by atoms with van der Waals surface area (Å²) < 4.78 is 27.9. The number of hydrogen-bond donors (Lipinski definition) is 1. The van der Waals surface area contributed by atoms with Gasteiger partial charge < -0.3 is 5.73 Å². The highest BCUT2D eigenvalue weighted by Gasteiger charge is 2.13. The number of aromatic nitrogens is 2. The average molecular weight is 223 g/mol. The molecule has 0 atom stereocenters. The second-order valence-electron chi connectivity index (χ2n) is 3.63. The van der Waals surface area contributed by atoms with Crippen LogP contribution >= 0.6 is 0 Å². The van der Waals surface area contributed by atoms with E-state index in [1.54, 1.807) is 14.0 Å². The molecule has 16 heavy (non-hydrogen) atoms. The number of benzene rings is 1. The fourth-order valence-corrected chi connectivity index (χ4v) is 1.58. The SMILES string of the molecule is Cc1c(F)cc(F)cc1-c1cnn(C)c1N. The number of halogens is 2. The van der Waals surface area contributed by atoms with Crippen molar-refractivity contribution < 1.29 is 8.78 Å². The number of anilines is 1. The van der Waals surface area contributed by atoms with Crippen LogP contribution in [0.1, 0.15) is 5.56 Å². The van der Waals surface area contributed by atoms with Gasteiger partial charge in [0.15, 0.2) is 0 Å². The lowest BCUT2D eigenvalue weighted by molar-refractivity contribution is 0.578. The molecule has 1 aromatic carbocycles. The van der Waals surface area contributed by atoms with Crippen LogP contribution < -0.4 is 5.73 Å². The summed E-state index contributed by atoms with van der Waals surface area (Å²) in [6, 6.07) is 2.11. The first kappa shape index (κ1) is 10.6. The maximum atomic E-state index is 13.4. The van der Waals surface area contributed by atoms with Crippen LogP contribution in [0.4, 0.5) is 14.6 Å². The smallest absolute Gasteiger partial charge is 0.129 e. The molecule has 0 radical (unpaired) electrons. The lowest BCUT2D eigenvalue weighted by Crippen LogP contribution is -1.99. The maximum Gasteiger partial charge on any atom is 0.129 e. The molecular weight excluding hydrogens is 212 g/mol. The van der Waals surface area contributed by atoms with E-state index in [1.807, 2.05) is 0 Å². The molecule has 2 N–H and O–H groups in total. The van der Waals surface area contributed by atoms with E-state index in [2.05, 4.69) is 5.10 Å². The number of nitrogen functional groups attached to an aromatic ring is 1. The lowest BCUT2D eigenvalue weighted by Gasteiger charge is -2.06. The predicted molar refractivity (Wildman–Crippen MR) is 57.7 cm³/mol. The van der Waals surface area contributed by atoms with Gasteiger partial charge in [-0.25, -0.2) is 8.78 Å². The molecule has 0 spiro atoms. The van der Waals surface area contributed by atoms with Crippen molar-refractivity contribution >= 4 is 5.82 Å². The first-order valence-electron chi connectivity index (χ1n) is 4.74. The van der Waals surface area contributed by atoms with Crippen LogP contribution in [-0.2, 0) is 7.05 Å². The third-order valence-electron chi connectivity index (χ3n) is 2.58. The van der Waals surface area contributed by atoms with Crippen molar-refractivity contribution in [2.24, 2.45) is 7.05 Å². The van der Waals surface area contributed by atoms with E-state index in [-0.39, 0.29) is 0 Å². The zero-order valence-corrected chi connectivity index (χ0v) is 8.96. The van der Waals surface area contributed by atoms with Gasteiger partial charge in [0.25, 0.3) is 0 Å². The van der Waals surface area contributed by atoms with Gasteiger partial charge in [0, 0.05) is 18.7 Å². The van der Waals surface area contributed by atoms with E-state index in [0.29, 0.717) is 22.5 Å². The van der Waals surface area contributed by atoms with Gasteiger partial charge in [-0.15, -0.1) is 0 Å². The highest BCUT2D eigenvalue weighted by Crippen LogP contribution is 2.30. The highest BCUT2D eigenvalue weighted by atomic mass is 19.1. The molecule has 2 aromatic rings. The molecule has 0 bridgehead atoms. The number of rotatable bonds is 1. The monoisotopic (exact) mass is 223 g/mol. The zero-order valence-electron chi connectivity index (χ0n) is 8.96. The molecule has 0 saturated carbocycles. The van der Waals surface area contributed by atoms with Crippen LogP contribution in [0.5, 0.6) is 0 Å². The van der Waals surface area contributed by atoms with Gasteiger partial charge in [-0.1, -0.05) is 0 Å². The third-order valence-corrected chi connectivity index (χ3v) is 2.58. The van der Waals surface area contributed by atoms with Gasteiger partial charge >= 0.3 is 0 Å². The second-order valence-corrected chi connectivity index (χ2v) is 3.63. The summed E-state index contributed by atoms with van der Waals surface area (Å²) in [5.74, 6) is -0.826. The average Bonchev–Trinajstić information content (AvgIpc) is 2.54. The molecular formula is C11H11F2N3. The minimum absolute atomic E-state index is 0.362. The number of nitrogens with zero attached hydrogens (tertiary/aromatic N) is 2. The van der Waals surface area contributed by atoms with Crippen LogP contribution in [0.15, 0.2) is 18.3 Å². The van der Waals surface area contributed by atoms with Crippen molar-refractivity contribution in [1.29, 1.82) is 0 Å². The van der Waals surface area contributed by atoms with E-state index in [4.69, 9.17) is 5.73 Å². The Bertz CT molecular complexity index is 546. The zero-order chi connectivity index (χ0) is 11.9. The quantitative estimate of drug-likeness (QED) is 0.805.